The first kappa shape index (κ1) is 17.5. The van der Waals surface area contributed by atoms with Gasteiger partial charge in [0.2, 0.25) is 5.91 Å². The number of hydrogen-bond donors (Lipinski definition) is 1. The summed E-state index contributed by atoms with van der Waals surface area (Å²) in [5, 5.41) is 3.06. The van der Waals surface area contributed by atoms with Crippen molar-refractivity contribution in [2.45, 2.75) is 64.8 Å². The molecule has 2 amide bonds. The summed E-state index contributed by atoms with van der Waals surface area (Å²) in [6.07, 6.45) is 7.36. The molecule has 4 heteroatoms. The standard InChI is InChI=1S/C19H28N2O2/c1-3-4-5-6-9-15(2)20-19(23)16-10-7-11-17(14-16)21-13-8-12-18(21)22/h7,10-11,14-15H,3-6,8-9,12-13H2,1-2H3,(H,20,23). The number of carbonyl (C=O) groups is 2. The Morgan fingerprint density at radius 1 is 1.30 bits per heavy atom. The van der Waals surface area contributed by atoms with Crippen molar-refractivity contribution in [1.29, 1.82) is 0 Å². The van der Waals surface area contributed by atoms with Crippen LogP contribution in [0.2, 0.25) is 0 Å². The molecule has 1 fully saturated rings. The average molecular weight is 316 g/mol. The Morgan fingerprint density at radius 2 is 2.13 bits per heavy atom. The number of rotatable bonds is 8. The van der Waals surface area contributed by atoms with Crippen molar-refractivity contribution >= 4 is 17.5 Å². The second-order valence-electron chi connectivity index (χ2n) is 6.42. The molecule has 4 nitrogen and oxygen atoms in total. The van der Waals surface area contributed by atoms with E-state index in [1.54, 1.807) is 4.90 Å². The number of benzene rings is 1. The zero-order valence-electron chi connectivity index (χ0n) is 14.3. The van der Waals surface area contributed by atoms with Gasteiger partial charge in [0.1, 0.15) is 0 Å². The van der Waals surface area contributed by atoms with E-state index in [4.69, 9.17) is 0 Å². The Balaban J connectivity index is 1.90. The minimum Gasteiger partial charge on any atom is -0.350 e. The molecule has 126 valence electrons. The molecule has 23 heavy (non-hydrogen) atoms. The minimum atomic E-state index is -0.0542. The van der Waals surface area contributed by atoms with Gasteiger partial charge in [0.15, 0.2) is 0 Å². The number of amides is 2. The highest BCUT2D eigenvalue weighted by Gasteiger charge is 2.22. The van der Waals surface area contributed by atoms with Crippen LogP contribution in [0.15, 0.2) is 24.3 Å². The zero-order valence-corrected chi connectivity index (χ0v) is 14.3. The van der Waals surface area contributed by atoms with Gasteiger partial charge in [-0.15, -0.1) is 0 Å². The first-order valence-corrected chi connectivity index (χ1v) is 8.83. The number of carbonyl (C=O) groups excluding carboxylic acids is 2. The largest absolute Gasteiger partial charge is 0.350 e. The summed E-state index contributed by atoms with van der Waals surface area (Å²) in [6, 6.07) is 7.55. The number of nitrogens with zero attached hydrogens (tertiary/aromatic N) is 1. The van der Waals surface area contributed by atoms with Crippen molar-refractivity contribution in [3.63, 3.8) is 0 Å². The Labute approximate surface area is 139 Å². The molecule has 1 aliphatic heterocycles. The summed E-state index contributed by atoms with van der Waals surface area (Å²) in [7, 11) is 0. The van der Waals surface area contributed by atoms with Crippen LogP contribution in [0.4, 0.5) is 5.69 Å². The summed E-state index contributed by atoms with van der Waals surface area (Å²) in [6.45, 7) is 5.00. The van der Waals surface area contributed by atoms with E-state index in [9.17, 15) is 9.59 Å². The third-order valence-corrected chi connectivity index (χ3v) is 4.36. The average Bonchev–Trinajstić information content (AvgIpc) is 2.98. The molecule has 1 aliphatic rings. The SMILES string of the molecule is CCCCCCC(C)NC(=O)c1cccc(N2CCCC2=O)c1. The van der Waals surface area contributed by atoms with Crippen LogP contribution in [0.3, 0.4) is 0 Å². The van der Waals surface area contributed by atoms with Crippen LogP contribution < -0.4 is 10.2 Å². The van der Waals surface area contributed by atoms with Crippen LogP contribution in [0.5, 0.6) is 0 Å². The molecular formula is C19H28N2O2. The van der Waals surface area contributed by atoms with Gasteiger partial charge in [-0.3, -0.25) is 9.59 Å². The molecule has 0 spiro atoms. The topological polar surface area (TPSA) is 49.4 Å². The lowest BCUT2D eigenvalue weighted by Gasteiger charge is -2.17. The maximum absolute atomic E-state index is 12.4. The van der Waals surface area contributed by atoms with Crippen molar-refractivity contribution in [2.24, 2.45) is 0 Å². The van der Waals surface area contributed by atoms with E-state index in [0.29, 0.717) is 12.0 Å². The second-order valence-corrected chi connectivity index (χ2v) is 6.42. The van der Waals surface area contributed by atoms with Gasteiger partial charge in [-0.1, -0.05) is 38.7 Å². The highest BCUT2D eigenvalue weighted by molar-refractivity contribution is 5.99. The summed E-state index contributed by atoms with van der Waals surface area (Å²) in [5.41, 5.74) is 1.46. The van der Waals surface area contributed by atoms with Crippen molar-refractivity contribution in [3.05, 3.63) is 29.8 Å². The van der Waals surface area contributed by atoms with Crippen LogP contribution in [-0.2, 0) is 4.79 Å². The molecule has 1 N–H and O–H groups in total. The van der Waals surface area contributed by atoms with Crippen molar-refractivity contribution in [1.82, 2.24) is 5.32 Å². The van der Waals surface area contributed by atoms with Crippen LogP contribution in [-0.4, -0.2) is 24.4 Å². The predicted octanol–water partition coefficient (Wildman–Crippen LogP) is 3.90. The third kappa shape index (κ3) is 5.08. The van der Waals surface area contributed by atoms with Gasteiger partial charge in [-0.25, -0.2) is 0 Å². The van der Waals surface area contributed by atoms with Gasteiger partial charge in [0.25, 0.3) is 5.91 Å². The van der Waals surface area contributed by atoms with Crippen molar-refractivity contribution < 1.29 is 9.59 Å². The number of hydrogen-bond acceptors (Lipinski definition) is 2. The molecule has 0 radical (unpaired) electrons. The highest BCUT2D eigenvalue weighted by Crippen LogP contribution is 2.22. The van der Waals surface area contributed by atoms with Crippen LogP contribution in [0.1, 0.15) is 69.2 Å². The van der Waals surface area contributed by atoms with Gasteiger partial charge in [0, 0.05) is 30.3 Å². The fourth-order valence-electron chi connectivity index (χ4n) is 2.99. The second kappa shape index (κ2) is 8.70. The molecule has 0 saturated carbocycles. The fraction of sp³-hybridized carbons (Fsp3) is 0.579. The van der Waals surface area contributed by atoms with E-state index in [0.717, 1.165) is 31.5 Å². The van der Waals surface area contributed by atoms with Gasteiger partial charge in [-0.05, 0) is 38.0 Å². The molecule has 0 bridgehead atoms. The first-order valence-electron chi connectivity index (χ1n) is 8.83. The van der Waals surface area contributed by atoms with Crippen LogP contribution in [0, 0.1) is 0 Å². The Hall–Kier alpha value is -1.84. The molecule has 1 aromatic rings. The summed E-state index contributed by atoms with van der Waals surface area (Å²) in [5.74, 6) is 0.0911. The molecular weight excluding hydrogens is 288 g/mol. The van der Waals surface area contributed by atoms with Crippen molar-refractivity contribution in [3.8, 4) is 0 Å². The molecule has 1 saturated heterocycles. The third-order valence-electron chi connectivity index (χ3n) is 4.36. The highest BCUT2D eigenvalue weighted by atomic mass is 16.2. The van der Waals surface area contributed by atoms with Gasteiger partial charge in [-0.2, -0.15) is 0 Å². The van der Waals surface area contributed by atoms with Gasteiger partial charge < -0.3 is 10.2 Å². The number of unbranched alkanes of at least 4 members (excludes halogenated alkanes) is 3. The molecule has 1 unspecified atom stereocenters. The lowest BCUT2D eigenvalue weighted by Crippen LogP contribution is -2.32. The summed E-state index contributed by atoms with van der Waals surface area (Å²) >= 11 is 0. The quantitative estimate of drug-likeness (QED) is 0.739. The monoisotopic (exact) mass is 316 g/mol. The van der Waals surface area contributed by atoms with Crippen LogP contribution in [0.25, 0.3) is 0 Å². The van der Waals surface area contributed by atoms with Crippen LogP contribution >= 0.6 is 0 Å². The van der Waals surface area contributed by atoms with E-state index in [1.165, 1.54) is 19.3 Å². The molecule has 2 rings (SSSR count). The van der Waals surface area contributed by atoms with Crippen molar-refractivity contribution in [2.75, 3.05) is 11.4 Å². The Kier molecular flexibility index (Phi) is 6.63. The molecule has 1 aromatic carbocycles. The lowest BCUT2D eigenvalue weighted by atomic mass is 10.1. The normalized spacial score (nSPS) is 15.7. The summed E-state index contributed by atoms with van der Waals surface area (Å²) < 4.78 is 0. The molecule has 1 atom stereocenters. The predicted molar refractivity (Wildman–Crippen MR) is 93.7 cm³/mol. The lowest BCUT2D eigenvalue weighted by molar-refractivity contribution is -0.117. The number of nitrogens with one attached hydrogen (secondary N) is 1. The first-order chi connectivity index (χ1) is 11.1. The minimum absolute atomic E-state index is 0.0542. The number of anilines is 1. The molecule has 0 aliphatic carbocycles. The van der Waals surface area contributed by atoms with E-state index < -0.39 is 0 Å². The maximum Gasteiger partial charge on any atom is 0.251 e. The van der Waals surface area contributed by atoms with Gasteiger partial charge in [0.05, 0.1) is 0 Å². The molecule has 0 aromatic heterocycles. The molecule has 1 heterocycles. The Bertz CT molecular complexity index is 542. The van der Waals surface area contributed by atoms with E-state index in [1.807, 2.05) is 24.3 Å². The smallest absolute Gasteiger partial charge is 0.251 e. The van der Waals surface area contributed by atoms with E-state index in [-0.39, 0.29) is 17.9 Å². The Morgan fingerprint density at radius 3 is 2.83 bits per heavy atom. The zero-order chi connectivity index (χ0) is 16.7. The maximum atomic E-state index is 12.4. The fourth-order valence-corrected chi connectivity index (χ4v) is 2.99. The van der Waals surface area contributed by atoms with E-state index >= 15 is 0 Å². The summed E-state index contributed by atoms with van der Waals surface area (Å²) in [4.78, 5) is 26.0. The van der Waals surface area contributed by atoms with E-state index in [2.05, 4.69) is 19.2 Å². The van der Waals surface area contributed by atoms with Gasteiger partial charge >= 0.3 is 0 Å².